The summed E-state index contributed by atoms with van der Waals surface area (Å²) in [5, 5.41) is 30.9. The van der Waals surface area contributed by atoms with Crippen LogP contribution in [0.1, 0.15) is 155 Å². The maximum atomic E-state index is 12.7. The van der Waals surface area contributed by atoms with Gasteiger partial charge in [0.1, 0.15) is 36.8 Å². The summed E-state index contributed by atoms with van der Waals surface area (Å²) >= 11 is 0. The molecule has 62 heavy (non-hydrogen) atoms. The highest BCUT2D eigenvalue weighted by atomic mass is 32.2. The van der Waals surface area contributed by atoms with Gasteiger partial charge in [0, 0.05) is 12.5 Å². The minimum absolute atomic E-state index is 0.0717. The lowest BCUT2D eigenvalue weighted by Gasteiger charge is -2.40. The Hall–Kier alpha value is -3.17. The zero-order valence-corrected chi connectivity index (χ0v) is 38.5. The van der Waals surface area contributed by atoms with Crippen LogP contribution in [0.2, 0.25) is 0 Å². The van der Waals surface area contributed by atoms with Crippen LogP contribution in [-0.2, 0) is 38.7 Å². The third-order valence-corrected chi connectivity index (χ3v) is 10.8. The lowest BCUT2D eigenvalue weighted by atomic mass is 10.00. The predicted octanol–water partition coefficient (Wildman–Crippen LogP) is 9.67. The summed E-state index contributed by atoms with van der Waals surface area (Å²) in [4.78, 5) is 25.3. The smallest absolute Gasteiger partial charge is 0.331 e. The molecule has 13 heteroatoms. The molecule has 1 rings (SSSR count). The van der Waals surface area contributed by atoms with Gasteiger partial charge in [0.15, 0.2) is 12.4 Å². The number of rotatable bonds is 37. The van der Waals surface area contributed by atoms with Gasteiger partial charge in [-0.05, 0) is 57.8 Å². The van der Waals surface area contributed by atoms with E-state index in [2.05, 4.69) is 62.5 Å². The molecule has 0 spiro atoms. The normalized spacial score (nSPS) is 20.6. The van der Waals surface area contributed by atoms with Gasteiger partial charge in [0.25, 0.3) is 10.1 Å². The molecule has 0 saturated carbocycles. The maximum absolute atomic E-state index is 12.7. The van der Waals surface area contributed by atoms with Crippen LogP contribution >= 0.6 is 0 Å². The number of ether oxygens (including phenoxy) is 4. The van der Waals surface area contributed by atoms with Gasteiger partial charge in [0.2, 0.25) is 0 Å². The van der Waals surface area contributed by atoms with Crippen LogP contribution < -0.4 is 0 Å². The average Bonchev–Trinajstić information content (AvgIpc) is 3.24. The molecule has 0 amide bonds. The molecule has 0 aromatic heterocycles. The van der Waals surface area contributed by atoms with Crippen molar-refractivity contribution in [1.82, 2.24) is 0 Å². The fourth-order valence-electron chi connectivity index (χ4n) is 6.45. The molecule has 12 nitrogen and oxygen atoms in total. The van der Waals surface area contributed by atoms with Crippen molar-refractivity contribution in [2.45, 2.75) is 192 Å². The van der Waals surface area contributed by atoms with Gasteiger partial charge in [-0.2, -0.15) is 8.42 Å². The lowest BCUT2D eigenvalue weighted by molar-refractivity contribution is -0.297. The van der Waals surface area contributed by atoms with Crippen LogP contribution in [-0.4, -0.2) is 96.0 Å². The molecule has 1 aliphatic heterocycles. The van der Waals surface area contributed by atoms with Gasteiger partial charge < -0.3 is 34.3 Å². The average molecular weight is 893 g/mol. The van der Waals surface area contributed by atoms with Gasteiger partial charge in [-0.15, -0.1) is 0 Å². The summed E-state index contributed by atoms with van der Waals surface area (Å²) in [6.45, 7) is 3.56. The molecule has 1 saturated heterocycles. The molecule has 0 aromatic rings. The Morgan fingerprint density at radius 1 is 0.597 bits per heavy atom. The molecule has 0 aliphatic carbocycles. The Kier molecular flexibility index (Phi) is 35.1. The van der Waals surface area contributed by atoms with Crippen molar-refractivity contribution >= 4 is 22.1 Å². The number of carbonyl (C=O) groups is 2. The molecule has 0 radical (unpaired) electrons. The number of hydrogen-bond acceptors (Lipinski definition) is 11. The summed E-state index contributed by atoms with van der Waals surface area (Å²) in [5.41, 5.74) is 0. The van der Waals surface area contributed by atoms with E-state index in [9.17, 15) is 37.9 Å². The Labute approximate surface area is 373 Å². The molecule has 2 unspecified atom stereocenters. The Morgan fingerprint density at radius 2 is 1.08 bits per heavy atom. The quantitative estimate of drug-likeness (QED) is 0.0116. The second kappa shape index (κ2) is 38.3. The highest BCUT2D eigenvalue weighted by Crippen LogP contribution is 2.24. The van der Waals surface area contributed by atoms with Crippen LogP contribution in [0.15, 0.2) is 85.1 Å². The SMILES string of the molecule is CCCCC/C=C/C/C=C/C/C=C/C/C=C/C/C=C/CCC(=O)OC[C@H](CO[C@H]1O[C@H](CS(=O)(=O)O)[C@@H](O)C(O)C1O)OC(=O)/C=C/C=C/CCCCCCCCCCCCC. The summed E-state index contributed by atoms with van der Waals surface area (Å²) in [7, 11) is -4.62. The van der Waals surface area contributed by atoms with Crippen LogP contribution in [0.5, 0.6) is 0 Å². The molecular formula is C49H80O12S. The van der Waals surface area contributed by atoms with Gasteiger partial charge in [-0.25, -0.2) is 4.79 Å². The highest BCUT2D eigenvalue weighted by Gasteiger charge is 2.46. The fraction of sp³-hybridized carbons (Fsp3) is 0.673. The molecule has 1 fully saturated rings. The van der Waals surface area contributed by atoms with Gasteiger partial charge in [-0.1, -0.05) is 170 Å². The minimum Gasteiger partial charge on any atom is -0.462 e. The molecule has 0 bridgehead atoms. The number of aliphatic hydroxyl groups excluding tert-OH is 3. The Bertz CT molecular complexity index is 1460. The molecule has 1 aliphatic rings. The number of unbranched alkanes of at least 4 members (excludes halogenated alkanes) is 14. The van der Waals surface area contributed by atoms with Gasteiger partial charge in [-0.3, -0.25) is 9.35 Å². The summed E-state index contributed by atoms with van der Waals surface area (Å²) in [6, 6.07) is 0. The number of esters is 2. The van der Waals surface area contributed by atoms with Crippen LogP contribution in [0.3, 0.4) is 0 Å². The minimum atomic E-state index is -4.62. The van der Waals surface area contributed by atoms with Crippen LogP contribution in [0, 0.1) is 0 Å². The fourth-order valence-corrected chi connectivity index (χ4v) is 7.14. The summed E-state index contributed by atoms with van der Waals surface area (Å²) in [6.07, 6.45) is 41.3. The zero-order valence-electron chi connectivity index (χ0n) is 37.7. The largest absolute Gasteiger partial charge is 0.462 e. The second-order valence-electron chi connectivity index (χ2n) is 15.8. The van der Waals surface area contributed by atoms with Crippen molar-refractivity contribution in [2.24, 2.45) is 0 Å². The second-order valence-corrected chi connectivity index (χ2v) is 17.3. The first-order valence-electron chi connectivity index (χ1n) is 23.2. The van der Waals surface area contributed by atoms with E-state index in [-0.39, 0.29) is 6.42 Å². The first-order chi connectivity index (χ1) is 30.0. The van der Waals surface area contributed by atoms with E-state index < -0.39 is 77.8 Å². The molecular weight excluding hydrogens is 813 g/mol. The third-order valence-electron chi connectivity index (χ3n) is 10.1. The number of hydrogen-bond donors (Lipinski definition) is 4. The van der Waals surface area contributed by atoms with Crippen molar-refractivity contribution in [3.05, 3.63) is 85.1 Å². The first-order valence-corrected chi connectivity index (χ1v) is 24.8. The molecule has 0 aromatic carbocycles. The topological polar surface area (TPSA) is 186 Å². The van der Waals surface area contributed by atoms with E-state index in [1.165, 1.54) is 83.1 Å². The molecule has 4 N–H and O–H groups in total. The van der Waals surface area contributed by atoms with E-state index in [0.29, 0.717) is 6.42 Å². The third kappa shape index (κ3) is 32.5. The molecule has 6 atom stereocenters. The predicted molar refractivity (Wildman–Crippen MR) is 247 cm³/mol. The maximum Gasteiger partial charge on any atom is 0.331 e. The summed E-state index contributed by atoms with van der Waals surface area (Å²) < 4.78 is 53.8. The Morgan fingerprint density at radius 3 is 1.65 bits per heavy atom. The highest BCUT2D eigenvalue weighted by molar-refractivity contribution is 7.85. The van der Waals surface area contributed by atoms with E-state index >= 15 is 0 Å². The monoisotopic (exact) mass is 893 g/mol. The van der Waals surface area contributed by atoms with E-state index in [0.717, 1.165) is 51.4 Å². The van der Waals surface area contributed by atoms with Crippen molar-refractivity contribution in [3.63, 3.8) is 0 Å². The van der Waals surface area contributed by atoms with Crippen molar-refractivity contribution < 1.29 is 56.8 Å². The molecule has 1 heterocycles. The van der Waals surface area contributed by atoms with Crippen molar-refractivity contribution in [1.29, 1.82) is 0 Å². The van der Waals surface area contributed by atoms with Crippen molar-refractivity contribution in [2.75, 3.05) is 19.0 Å². The van der Waals surface area contributed by atoms with Crippen LogP contribution in [0.25, 0.3) is 0 Å². The Balaban J connectivity index is 2.55. The summed E-state index contributed by atoms with van der Waals surface area (Å²) in [5.74, 6) is -2.36. The number of allylic oxidation sites excluding steroid dienone is 13. The first kappa shape index (κ1) is 56.8. The number of carbonyl (C=O) groups excluding carboxylic acids is 2. The molecule has 354 valence electrons. The zero-order chi connectivity index (χ0) is 45.5. The van der Waals surface area contributed by atoms with Crippen molar-refractivity contribution in [3.8, 4) is 0 Å². The standard InChI is InChI=1S/C49H80O12S/c1-3-5-7-9-11-13-15-17-19-20-21-22-24-25-27-29-31-33-35-37-44(50)58-39-42(40-59-49-48(54)47(53)46(52)43(61-49)41-62(55,56)57)60-45(51)38-36-34-32-30-28-26-23-18-16-14-12-10-8-6-4-2/h11,13,17,19,21-22,25,27,31-34,36,38,42-43,46-49,52-54H,3-10,12,14-16,18,20,23-24,26,28-30,35,37,39-41H2,1-2H3,(H,55,56,57)/b13-11+,19-17+,22-21+,27-25+,33-31+,34-32+,38-36+/t42-,43-,46-,47?,48?,49+/m1/s1. The van der Waals surface area contributed by atoms with E-state index in [4.69, 9.17) is 18.9 Å². The van der Waals surface area contributed by atoms with Crippen LogP contribution in [0.4, 0.5) is 0 Å². The van der Waals surface area contributed by atoms with Gasteiger partial charge >= 0.3 is 11.9 Å². The van der Waals surface area contributed by atoms with Gasteiger partial charge in [0.05, 0.1) is 6.61 Å². The number of aliphatic hydroxyl groups is 3. The van der Waals surface area contributed by atoms with E-state index in [1.54, 1.807) is 12.2 Å². The van der Waals surface area contributed by atoms with E-state index in [1.807, 2.05) is 18.2 Å². The lowest BCUT2D eigenvalue weighted by Crippen LogP contribution is -2.60.